The largest absolute Gasteiger partial charge is 0.489 e. The molecule has 0 heterocycles. The molecule has 0 amide bonds. The molecule has 5 heteroatoms. The summed E-state index contributed by atoms with van der Waals surface area (Å²) in [5.41, 5.74) is 1.14. The van der Waals surface area contributed by atoms with E-state index in [0.29, 0.717) is 19.1 Å². The molecule has 0 saturated heterocycles. The van der Waals surface area contributed by atoms with Crippen LogP contribution in [0.1, 0.15) is 26.3 Å². The zero-order valence-corrected chi connectivity index (χ0v) is 15.1. The van der Waals surface area contributed by atoms with Crippen molar-refractivity contribution in [3.8, 4) is 5.75 Å². The maximum atomic E-state index is 5.94. The summed E-state index contributed by atoms with van der Waals surface area (Å²) in [5, 5.41) is 6.50. The van der Waals surface area contributed by atoms with Gasteiger partial charge in [-0.1, -0.05) is 32.0 Å². The summed E-state index contributed by atoms with van der Waals surface area (Å²) < 4.78 is 11.5. The molecule has 5 nitrogen and oxygen atoms in total. The van der Waals surface area contributed by atoms with Gasteiger partial charge in [-0.3, -0.25) is 4.99 Å². The van der Waals surface area contributed by atoms with Gasteiger partial charge < -0.3 is 20.1 Å². The Kier molecular flexibility index (Phi) is 9.14. The Morgan fingerprint density at radius 2 is 1.91 bits per heavy atom. The molecular weight excluding hydrogens is 290 g/mol. The predicted molar refractivity (Wildman–Crippen MR) is 96.3 cm³/mol. The van der Waals surface area contributed by atoms with Crippen molar-refractivity contribution in [3.63, 3.8) is 0 Å². The number of benzene rings is 1. The highest BCUT2D eigenvalue weighted by Crippen LogP contribution is 2.17. The lowest BCUT2D eigenvalue weighted by Gasteiger charge is -2.19. The SMILES string of the molecule is CN=C(NCCOCC(C)C)NCC(C)Oc1ccccc1C. The van der Waals surface area contributed by atoms with Gasteiger partial charge in [0.2, 0.25) is 0 Å². The first-order valence-electron chi connectivity index (χ1n) is 8.27. The second kappa shape index (κ2) is 10.9. The molecule has 0 radical (unpaired) electrons. The van der Waals surface area contributed by atoms with Crippen LogP contribution in [-0.2, 0) is 4.74 Å². The Bertz CT molecular complexity index is 475. The molecule has 0 bridgehead atoms. The zero-order chi connectivity index (χ0) is 17.1. The maximum absolute atomic E-state index is 5.94. The lowest BCUT2D eigenvalue weighted by atomic mass is 10.2. The summed E-state index contributed by atoms with van der Waals surface area (Å²) in [6.45, 7) is 11.3. The van der Waals surface area contributed by atoms with Crippen LogP contribution in [-0.4, -0.2) is 45.4 Å². The van der Waals surface area contributed by atoms with Crippen molar-refractivity contribution in [1.82, 2.24) is 10.6 Å². The highest BCUT2D eigenvalue weighted by molar-refractivity contribution is 5.79. The molecule has 0 aromatic heterocycles. The van der Waals surface area contributed by atoms with Crippen molar-refractivity contribution in [2.75, 3.05) is 33.4 Å². The molecule has 1 rings (SSSR count). The summed E-state index contributed by atoms with van der Waals surface area (Å²) in [7, 11) is 1.76. The monoisotopic (exact) mass is 321 g/mol. The Morgan fingerprint density at radius 3 is 2.57 bits per heavy atom. The predicted octanol–water partition coefficient (Wildman–Crippen LogP) is 2.60. The minimum atomic E-state index is 0.0480. The average Bonchev–Trinajstić information content (AvgIpc) is 2.52. The molecule has 1 aromatic carbocycles. The Hall–Kier alpha value is -1.75. The highest BCUT2D eigenvalue weighted by Gasteiger charge is 2.07. The van der Waals surface area contributed by atoms with Crippen molar-refractivity contribution in [2.45, 2.75) is 33.8 Å². The smallest absolute Gasteiger partial charge is 0.191 e. The fourth-order valence-electron chi connectivity index (χ4n) is 1.97. The van der Waals surface area contributed by atoms with Gasteiger partial charge in [0.25, 0.3) is 0 Å². The normalized spacial score (nSPS) is 13.0. The number of guanidine groups is 1. The summed E-state index contributed by atoms with van der Waals surface area (Å²) in [6.07, 6.45) is 0.0480. The number of hydrogen-bond acceptors (Lipinski definition) is 3. The minimum Gasteiger partial charge on any atom is -0.489 e. The van der Waals surface area contributed by atoms with Crippen LogP contribution >= 0.6 is 0 Å². The van der Waals surface area contributed by atoms with E-state index in [4.69, 9.17) is 9.47 Å². The van der Waals surface area contributed by atoms with Crippen molar-refractivity contribution in [1.29, 1.82) is 0 Å². The van der Waals surface area contributed by atoms with E-state index in [0.717, 1.165) is 30.4 Å². The van der Waals surface area contributed by atoms with E-state index in [9.17, 15) is 0 Å². The van der Waals surface area contributed by atoms with E-state index < -0.39 is 0 Å². The van der Waals surface area contributed by atoms with Crippen LogP contribution in [0, 0.1) is 12.8 Å². The molecule has 0 aliphatic heterocycles. The fourth-order valence-corrected chi connectivity index (χ4v) is 1.97. The third kappa shape index (κ3) is 8.45. The molecule has 0 spiro atoms. The third-order valence-corrected chi connectivity index (χ3v) is 3.19. The number of ether oxygens (including phenoxy) is 2. The van der Waals surface area contributed by atoms with Crippen LogP contribution in [0.4, 0.5) is 0 Å². The molecule has 23 heavy (non-hydrogen) atoms. The van der Waals surface area contributed by atoms with Crippen LogP contribution in [0.5, 0.6) is 5.75 Å². The summed E-state index contributed by atoms with van der Waals surface area (Å²) in [4.78, 5) is 4.20. The second-order valence-corrected chi connectivity index (χ2v) is 6.04. The van der Waals surface area contributed by atoms with E-state index in [1.54, 1.807) is 7.05 Å². The number of aryl methyl sites for hydroxylation is 1. The van der Waals surface area contributed by atoms with Crippen molar-refractivity contribution >= 4 is 5.96 Å². The van der Waals surface area contributed by atoms with Crippen molar-refractivity contribution < 1.29 is 9.47 Å². The van der Waals surface area contributed by atoms with E-state index in [-0.39, 0.29) is 6.10 Å². The van der Waals surface area contributed by atoms with Gasteiger partial charge in [0.1, 0.15) is 11.9 Å². The third-order valence-electron chi connectivity index (χ3n) is 3.19. The quantitative estimate of drug-likeness (QED) is 0.417. The molecule has 0 aliphatic carbocycles. The van der Waals surface area contributed by atoms with Gasteiger partial charge in [0.05, 0.1) is 13.2 Å². The highest BCUT2D eigenvalue weighted by atomic mass is 16.5. The van der Waals surface area contributed by atoms with Crippen LogP contribution in [0.3, 0.4) is 0 Å². The average molecular weight is 321 g/mol. The van der Waals surface area contributed by atoms with Crippen molar-refractivity contribution in [3.05, 3.63) is 29.8 Å². The molecule has 1 aromatic rings. The number of rotatable bonds is 9. The maximum Gasteiger partial charge on any atom is 0.191 e. The molecule has 1 unspecified atom stereocenters. The van der Waals surface area contributed by atoms with Crippen LogP contribution in [0.2, 0.25) is 0 Å². The second-order valence-electron chi connectivity index (χ2n) is 6.04. The van der Waals surface area contributed by atoms with E-state index in [2.05, 4.69) is 29.5 Å². The number of nitrogens with one attached hydrogen (secondary N) is 2. The fraction of sp³-hybridized carbons (Fsp3) is 0.611. The Morgan fingerprint density at radius 1 is 1.17 bits per heavy atom. The van der Waals surface area contributed by atoms with E-state index in [1.165, 1.54) is 0 Å². The van der Waals surface area contributed by atoms with Gasteiger partial charge in [-0.25, -0.2) is 0 Å². The lowest BCUT2D eigenvalue weighted by molar-refractivity contribution is 0.114. The van der Waals surface area contributed by atoms with Gasteiger partial charge in [-0.15, -0.1) is 0 Å². The zero-order valence-electron chi connectivity index (χ0n) is 15.1. The standard InChI is InChI=1S/C18H31N3O2/c1-14(2)13-22-11-10-20-18(19-5)21-12-16(4)23-17-9-7-6-8-15(17)3/h6-9,14,16H,10-13H2,1-5H3,(H2,19,20,21). The molecule has 2 N–H and O–H groups in total. The number of nitrogens with zero attached hydrogens (tertiary/aromatic N) is 1. The van der Waals surface area contributed by atoms with Gasteiger partial charge in [-0.2, -0.15) is 0 Å². The number of hydrogen-bond donors (Lipinski definition) is 2. The molecule has 0 saturated carbocycles. The first kappa shape index (κ1) is 19.3. The van der Waals surface area contributed by atoms with Crippen LogP contribution < -0.4 is 15.4 Å². The molecule has 1 atom stereocenters. The van der Waals surface area contributed by atoms with E-state index >= 15 is 0 Å². The summed E-state index contributed by atoms with van der Waals surface area (Å²) >= 11 is 0. The molecule has 0 fully saturated rings. The van der Waals surface area contributed by atoms with Gasteiger partial charge in [0.15, 0.2) is 5.96 Å². The number of aliphatic imine (C=N–C) groups is 1. The van der Waals surface area contributed by atoms with Crippen molar-refractivity contribution in [2.24, 2.45) is 10.9 Å². The topological polar surface area (TPSA) is 54.9 Å². The van der Waals surface area contributed by atoms with Gasteiger partial charge in [0, 0.05) is 20.2 Å². The van der Waals surface area contributed by atoms with E-state index in [1.807, 2.05) is 38.1 Å². The first-order valence-corrected chi connectivity index (χ1v) is 8.27. The minimum absolute atomic E-state index is 0.0480. The molecular formula is C18H31N3O2. The Balaban J connectivity index is 2.24. The van der Waals surface area contributed by atoms with Crippen LogP contribution in [0.25, 0.3) is 0 Å². The summed E-state index contributed by atoms with van der Waals surface area (Å²) in [5.74, 6) is 2.25. The van der Waals surface area contributed by atoms with Crippen LogP contribution in [0.15, 0.2) is 29.3 Å². The first-order chi connectivity index (χ1) is 11.0. The van der Waals surface area contributed by atoms with Gasteiger partial charge in [-0.05, 0) is 31.4 Å². The summed E-state index contributed by atoms with van der Waals surface area (Å²) in [6, 6.07) is 8.04. The lowest BCUT2D eigenvalue weighted by Crippen LogP contribution is -2.42. The Labute approximate surface area is 140 Å². The molecule has 0 aliphatic rings. The van der Waals surface area contributed by atoms with Gasteiger partial charge >= 0.3 is 0 Å². The number of para-hydroxylation sites is 1. The molecule has 130 valence electrons.